The minimum atomic E-state index is -0.612. The van der Waals surface area contributed by atoms with E-state index in [9.17, 15) is 9.59 Å². The van der Waals surface area contributed by atoms with Crippen molar-refractivity contribution in [3.63, 3.8) is 0 Å². The van der Waals surface area contributed by atoms with E-state index in [1.54, 1.807) is 0 Å². The molecule has 2 aromatic carbocycles. The van der Waals surface area contributed by atoms with E-state index < -0.39 is 6.10 Å². The summed E-state index contributed by atoms with van der Waals surface area (Å²) < 4.78 is 12.0. The average molecular weight is 448 g/mol. The van der Waals surface area contributed by atoms with E-state index in [0.717, 1.165) is 49.0 Å². The molecule has 0 bridgehead atoms. The lowest BCUT2D eigenvalue weighted by atomic mass is 10.1. The van der Waals surface area contributed by atoms with Gasteiger partial charge in [-0.1, -0.05) is 30.3 Å². The van der Waals surface area contributed by atoms with E-state index in [2.05, 4.69) is 5.32 Å². The maximum atomic E-state index is 13.1. The molecule has 172 valence electrons. The van der Waals surface area contributed by atoms with Gasteiger partial charge in [-0.15, -0.1) is 0 Å². The largest absolute Gasteiger partial charge is 0.477 e. The van der Waals surface area contributed by atoms with Crippen molar-refractivity contribution in [1.82, 2.24) is 10.2 Å². The van der Waals surface area contributed by atoms with E-state index in [4.69, 9.17) is 9.15 Å². The van der Waals surface area contributed by atoms with Crippen molar-refractivity contribution in [3.05, 3.63) is 60.4 Å². The molecule has 2 aliphatic rings. The van der Waals surface area contributed by atoms with Gasteiger partial charge in [-0.05, 0) is 50.5 Å². The normalized spacial score (nSPS) is 19.0. The molecule has 0 spiro atoms. The number of fused-ring (bicyclic) bond motifs is 2. The van der Waals surface area contributed by atoms with E-state index in [0.29, 0.717) is 18.1 Å². The zero-order chi connectivity index (χ0) is 22.8. The standard InChI is InChI=1S/C26H29N3O4/c1-18(23-15-19-9-3-5-11-21(19)32-23)27-25(30)17-29-16-24(26(31)28-13-7-2-8-14-28)33-22-12-6-4-10-20(22)29/h3-6,9-12,15,18,24H,2,7-8,13-14,16-17H2,1H3,(H,27,30)/t18-,24+/m1/s1. The smallest absolute Gasteiger partial charge is 0.265 e. The summed E-state index contributed by atoms with van der Waals surface area (Å²) in [6.07, 6.45) is 2.61. The predicted molar refractivity (Wildman–Crippen MR) is 126 cm³/mol. The highest BCUT2D eigenvalue weighted by atomic mass is 16.5. The van der Waals surface area contributed by atoms with E-state index in [1.165, 1.54) is 0 Å². The summed E-state index contributed by atoms with van der Waals surface area (Å²) in [5.41, 5.74) is 1.63. The number of carbonyl (C=O) groups excluding carboxylic acids is 2. The summed E-state index contributed by atoms with van der Waals surface area (Å²) in [5.74, 6) is 1.22. The number of nitrogens with one attached hydrogen (secondary N) is 1. The van der Waals surface area contributed by atoms with Crippen molar-refractivity contribution in [3.8, 4) is 5.75 Å². The van der Waals surface area contributed by atoms with Crippen LogP contribution >= 0.6 is 0 Å². The molecular weight excluding hydrogens is 418 g/mol. The Balaban J connectivity index is 1.28. The van der Waals surface area contributed by atoms with Gasteiger partial charge in [0.15, 0.2) is 6.10 Å². The minimum absolute atomic E-state index is 0.00487. The molecule has 3 aromatic rings. The first-order chi connectivity index (χ1) is 16.1. The van der Waals surface area contributed by atoms with Crippen LogP contribution in [0.1, 0.15) is 38.0 Å². The van der Waals surface area contributed by atoms with Crippen molar-refractivity contribution < 1.29 is 18.7 Å². The Kier molecular flexibility index (Phi) is 5.94. The zero-order valence-corrected chi connectivity index (χ0v) is 18.8. The molecule has 0 radical (unpaired) electrons. The molecule has 1 saturated heterocycles. The molecule has 3 heterocycles. The van der Waals surface area contributed by atoms with Crippen molar-refractivity contribution in [1.29, 1.82) is 0 Å². The van der Waals surface area contributed by atoms with Crippen LogP contribution < -0.4 is 15.0 Å². The third-order valence-corrected chi connectivity index (χ3v) is 6.39. The summed E-state index contributed by atoms with van der Waals surface area (Å²) in [6, 6.07) is 17.0. The lowest BCUT2D eigenvalue weighted by Gasteiger charge is -2.38. The van der Waals surface area contributed by atoms with Crippen LogP contribution in [0.4, 0.5) is 5.69 Å². The fourth-order valence-electron chi connectivity index (χ4n) is 4.65. The predicted octanol–water partition coefficient (Wildman–Crippen LogP) is 3.89. The maximum absolute atomic E-state index is 13.1. The van der Waals surface area contributed by atoms with Gasteiger partial charge in [0.2, 0.25) is 5.91 Å². The number of piperidine rings is 1. The summed E-state index contributed by atoms with van der Waals surface area (Å²) in [6.45, 7) is 3.94. The van der Waals surface area contributed by atoms with Crippen molar-refractivity contribution >= 4 is 28.5 Å². The number of hydrogen-bond acceptors (Lipinski definition) is 5. The molecule has 2 aliphatic heterocycles. The highest BCUT2D eigenvalue weighted by molar-refractivity contribution is 5.86. The first-order valence-electron chi connectivity index (χ1n) is 11.7. The number of ether oxygens (including phenoxy) is 1. The van der Waals surface area contributed by atoms with Crippen molar-refractivity contribution in [2.24, 2.45) is 0 Å². The fourth-order valence-corrected chi connectivity index (χ4v) is 4.65. The Morgan fingerprint density at radius 2 is 1.82 bits per heavy atom. The molecule has 0 unspecified atom stereocenters. The summed E-state index contributed by atoms with van der Waals surface area (Å²) in [5, 5.41) is 4.04. The van der Waals surface area contributed by atoms with Crippen LogP contribution in [0.5, 0.6) is 5.75 Å². The van der Waals surface area contributed by atoms with Crippen LogP contribution in [-0.2, 0) is 9.59 Å². The fraction of sp³-hybridized carbons (Fsp3) is 0.385. The van der Waals surface area contributed by atoms with Gasteiger partial charge in [0.1, 0.15) is 17.1 Å². The molecule has 7 nitrogen and oxygen atoms in total. The van der Waals surface area contributed by atoms with E-state index in [-0.39, 0.29) is 24.4 Å². The van der Waals surface area contributed by atoms with Gasteiger partial charge < -0.3 is 24.3 Å². The Morgan fingerprint density at radius 3 is 2.64 bits per heavy atom. The second kappa shape index (κ2) is 9.17. The van der Waals surface area contributed by atoms with Crippen LogP contribution in [0, 0.1) is 0 Å². The monoisotopic (exact) mass is 447 g/mol. The molecule has 0 aliphatic carbocycles. The average Bonchev–Trinajstić information content (AvgIpc) is 3.29. The molecule has 1 fully saturated rings. The van der Waals surface area contributed by atoms with Gasteiger partial charge in [-0.2, -0.15) is 0 Å². The summed E-state index contributed by atoms with van der Waals surface area (Å²) >= 11 is 0. The van der Waals surface area contributed by atoms with Crippen LogP contribution in [0.25, 0.3) is 11.0 Å². The highest BCUT2D eigenvalue weighted by Gasteiger charge is 2.34. The van der Waals surface area contributed by atoms with Crippen LogP contribution in [0.15, 0.2) is 59.0 Å². The molecule has 7 heteroatoms. The third-order valence-electron chi connectivity index (χ3n) is 6.39. The van der Waals surface area contributed by atoms with E-state index >= 15 is 0 Å². The number of anilines is 1. The molecule has 33 heavy (non-hydrogen) atoms. The zero-order valence-electron chi connectivity index (χ0n) is 18.8. The van der Waals surface area contributed by atoms with Gasteiger partial charge in [-0.3, -0.25) is 9.59 Å². The Hall–Kier alpha value is -3.48. The number of hydrogen-bond donors (Lipinski definition) is 1. The number of para-hydroxylation sites is 3. The number of amides is 2. The molecule has 1 aromatic heterocycles. The minimum Gasteiger partial charge on any atom is -0.477 e. The first-order valence-corrected chi connectivity index (χ1v) is 11.7. The molecule has 1 N–H and O–H groups in total. The van der Waals surface area contributed by atoms with Gasteiger partial charge in [0.25, 0.3) is 5.91 Å². The number of furan rings is 1. The molecule has 0 saturated carbocycles. The molecule has 5 rings (SSSR count). The number of rotatable bonds is 5. The molecule has 2 atom stereocenters. The summed E-state index contributed by atoms with van der Waals surface area (Å²) in [7, 11) is 0. The van der Waals surface area contributed by atoms with Gasteiger partial charge in [0.05, 0.1) is 24.8 Å². The Bertz CT molecular complexity index is 1120. The third kappa shape index (κ3) is 4.53. The van der Waals surface area contributed by atoms with Crippen molar-refractivity contribution in [2.75, 3.05) is 31.1 Å². The number of nitrogens with zero attached hydrogens (tertiary/aromatic N) is 2. The number of carbonyl (C=O) groups is 2. The Morgan fingerprint density at radius 1 is 1.06 bits per heavy atom. The summed E-state index contributed by atoms with van der Waals surface area (Å²) in [4.78, 5) is 29.9. The lowest BCUT2D eigenvalue weighted by molar-refractivity contribution is -0.139. The second-order valence-electron chi connectivity index (χ2n) is 8.82. The highest BCUT2D eigenvalue weighted by Crippen LogP contribution is 2.33. The van der Waals surface area contributed by atoms with Gasteiger partial charge >= 0.3 is 0 Å². The second-order valence-corrected chi connectivity index (χ2v) is 8.82. The number of likely N-dealkylation sites (tertiary alicyclic amines) is 1. The van der Waals surface area contributed by atoms with Crippen LogP contribution in [-0.4, -0.2) is 49.0 Å². The molecular formula is C26H29N3O4. The van der Waals surface area contributed by atoms with Crippen molar-refractivity contribution in [2.45, 2.75) is 38.3 Å². The van der Waals surface area contributed by atoms with E-state index in [1.807, 2.05) is 71.3 Å². The van der Waals surface area contributed by atoms with Crippen LogP contribution in [0.2, 0.25) is 0 Å². The lowest BCUT2D eigenvalue weighted by Crippen LogP contribution is -2.53. The van der Waals surface area contributed by atoms with Gasteiger partial charge in [0, 0.05) is 18.5 Å². The first kappa shape index (κ1) is 21.4. The number of benzene rings is 2. The SMILES string of the molecule is C[C@@H](NC(=O)CN1C[C@@H](C(=O)N2CCCCC2)Oc2ccccc21)c1cc2ccccc2o1. The molecule has 2 amide bonds. The topological polar surface area (TPSA) is 75.0 Å². The van der Waals surface area contributed by atoms with Crippen LogP contribution in [0.3, 0.4) is 0 Å². The Labute approximate surface area is 193 Å². The van der Waals surface area contributed by atoms with Gasteiger partial charge in [-0.25, -0.2) is 0 Å². The quantitative estimate of drug-likeness (QED) is 0.642. The maximum Gasteiger partial charge on any atom is 0.265 e.